The largest absolute Gasteiger partial charge is 0.409 e. The highest BCUT2D eigenvalue weighted by atomic mass is 16.4. The van der Waals surface area contributed by atoms with Crippen molar-refractivity contribution in [3.05, 3.63) is 0 Å². The molecule has 1 unspecified atom stereocenters. The van der Waals surface area contributed by atoms with E-state index in [4.69, 9.17) is 10.9 Å². The first-order chi connectivity index (χ1) is 8.05. The molecule has 0 aliphatic heterocycles. The van der Waals surface area contributed by atoms with Gasteiger partial charge in [0.15, 0.2) is 5.84 Å². The number of amidine groups is 1. The van der Waals surface area contributed by atoms with Gasteiger partial charge in [0.2, 0.25) is 5.91 Å². The number of carbonyl (C=O) groups excluding carboxylic acids is 1. The molecule has 0 heterocycles. The lowest BCUT2D eigenvalue weighted by molar-refractivity contribution is -0.127. The van der Waals surface area contributed by atoms with E-state index in [1.165, 1.54) is 0 Å². The van der Waals surface area contributed by atoms with Crippen LogP contribution in [0.5, 0.6) is 0 Å². The van der Waals surface area contributed by atoms with Crippen LogP contribution in [-0.2, 0) is 4.79 Å². The fourth-order valence-electron chi connectivity index (χ4n) is 2.42. The maximum atomic E-state index is 12.3. The minimum Gasteiger partial charge on any atom is -0.409 e. The lowest BCUT2D eigenvalue weighted by atomic mass is 9.85. The molecular formula is C13H25N3O2. The summed E-state index contributed by atoms with van der Waals surface area (Å²) in [7, 11) is 0. The molecule has 0 bridgehead atoms. The average molecular weight is 255 g/mol. The maximum Gasteiger partial charge on any atom is 0.233 e. The van der Waals surface area contributed by atoms with Crippen LogP contribution in [0.2, 0.25) is 0 Å². The number of amides is 1. The van der Waals surface area contributed by atoms with Crippen molar-refractivity contribution in [2.24, 2.45) is 27.1 Å². The van der Waals surface area contributed by atoms with E-state index in [0.29, 0.717) is 6.42 Å². The average Bonchev–Trinajstić information content (AvgIpc) is 2.69. The SMILES string of the molecule is CCC(C)(C(=O)NC1C(C)(C)C1(C)C)C(N)=NO. The van der Waals surface area contributed by atoms with Gasteiger partial charge in [0, 0.05) is 6.04 Å². The summed E-state index contributed by atoms with van der Waals surface area (Å²) in [4.78, 5) is 12.3. The molecule has 0 radical (unpaired) electrons. The number of hydrogen-bond acceptors (Lipinski definition) is 3. The molecule has 0 aromatic rings. The fourth-order valence-corrected chi connectivity index (χ4v) is 2.42. The van der Waals surface area contributed by atoms with Crippen molar-refractivity contribution in [1.82, 2.24) is 5.32 Å². The first-order valence-corrected chi connectivity index (χ1v) is 6.34. The predicted octanol–water partition coefficient (Wildman–Crippen LogP) is 1.70. The van der Waals surface area contributed by atoms with E-state index in [2.05, 4.69) is 38.2 Å². The van der Waals surface area contributed by atoms with E-state index in [9.17, 15) is 4.79 Å². The summed E-state index contributed by atoms with van der Waals surface area (Å²) >= 11 is 0. The third-order valence-electron chi connectivity index (χ3n) is 5.18. The van der Waals surface area contributed by atoms with E-state index in [0.717, 1.165) is 0 Å². The summed E-state index contributed by atoms with van der Waals surface area (Å²) in [5.41, 5.74) is 4.82. The smallest absolute Gasteiger partial charge is 0.233 e. The Balaban J connectivity index is 2.85. The molecule has 1 aliphatic carbocycles. The van der Waals surface area contributed by atoms with E-state index in [1.54, 1.807) is 6.92 Å². The van der Waals surface area contributed by atoms with Crippen molar-refractivity contribution in [2.75, 3.05) is 0 Å². The Morgan fingerprint density at radius 2 is 1.83 bits per heavy atom. The number of oxime groups is 1. The zero-order chi connectivity index (χ0) is 14.4. The number of carbonyl (C=O) groups is 1. The van der Waals surface area contributed by atoms with Crippen LogP contribution in [0.25, 0.3) is 0 Å². The number of nitrogens with one attached hydrogen (secondary N) is 1. The van der Waals surface area contributed by atoms with Crippen LogP contribution < -0.4 is 11.1 Å². The molecule has 1 atom stereocenters. The van der Waals surface area contributed by atoms with Crippen LogP contribution in [0, 0.1) is 16.2 Å². The van der Waals surface area contributed by atoms with Crippen molar-refractivity contribution >= 4 is 11.7 Å². The second-order valence-corrected chi connectivity index (χ2v) is 6.52. The number of rotatable bonds is 4. The summed E-state index contributed by atoms with van der Waals surface area (Å²) in [6, 6.07) is 0.120. The van der Waals surface area contributed by atoms with Crippen LogP contribution >= 0.6 is 0 Å². The maximum absolute atomic E-state index is 12.3. The van der Waals surface area contributed by atoms with Gasteiger partial charge in [-0.15, -0.1) is 0 Å². The zero-order valence-electron chi connectivity index (χ0n) is 12.2. The summed E-state index contributed by atoms with van der Waals surface area (Å²) in [6.45, 7) is 12.1. The lowest BCUT2D eigenvalue weighted by Crippen LogP contribution is -2.49. The first kappa shape index (κ1) is 14.8. The Bertz CT molecular complexity index is 374. The molecule has 18 heavy (non-hydrogen) atoms. The molecule has 5 heteroatoms. The molecule has 1 aliphatic rings. The minimum atomic E-state index is -0.955. The van der Waals surface area contributed by atoms with Gasteiger partial charge in [0.25, 0.3) is 0 Å². The van der Waals surface area contributed by atoms with E-state index in [-0.39, 0.29) is 28.6 Å². The number of nitrogens with two attached hydrogens (primary N) is 1. The quantitative estimate of drug-likeness (QED) is 0.309. The molecule has 4 N–H and O–H groups in total. The van der Waals surface area contributed by atoms with Crippen molar-refractivity contribution in [3.8, 4) is 0 Å². The van der Waals surface area contributed by atoms with Gasteiger partial charge in [-0.25, -0.2) is 0 Å². The summed E-state index contributed by atoms with van der Waals surface area (Å²) in [6.07, 6.45) is 0.488. The Morgan fingerprint density at radius 3 is 2.11 bits per heavy atom. The predicted molar refractivity (Wildman–Crippen MR) is 71.3 cm³/mol. The number of hydrogen-bond donors (Lipinski definition) is 3. The monoisotopic (exact) mass is 255 g/mol. The van der Waals surface area contributed by atoms with Gasteiger partial charge in [-0.1, -0.05) is 39.8 Å². The van der Waals surface area contributed by atoms with Crippen LogP contribution in [-0.4, -0.2) is 23.0 Å². The van der Waals surface area contributed by atoms with Crippen molar-refractivity contribution in [3.63, 3.8) is 0 Å². The van der Waals surface area contributed by atoms with Crippen molar-refractivity contribution in [2.45, 2.75) is 54.0 Å². The fraction of sp³-hybridized carbons (Fsp3) is 0.846. The van der Waals surface area contributed by atoms with Gasteiger partial charge in [0.05, 0.1) is 0 Å². The van der Waals surface area contributed by atoms with Crippen LogP contribution in [0.3, 0.4) is 0 Å². The van der Waals surface area contributed by atoms with Gasteiger partial charge in [0.1, 0.15) is 5.41 Å². The first-order valence-electron chi connectivity index (χ1n) is 6.34. The standard InChI is InChI=1S/C13H25N3O2/c1-7-13(6,9(14)16-18)10(17)15-8-11(2,3)12(8,4)5/h8,18H,7H2,1-6H3,(H2,14,16)(H,15,17). The molecule has 1 fully saturated rings. The minimum absolute atomic E-state index is 0.0428. The summed E-state index contributed by atoms with van der Waals surface area (Å²) in [5.74, 6) is -0.220. The summed E-state index contributed by atoms with van der Waals surface area (Å²) in [5, 5.41) is 14.8. The van der Waals surface area contributed by atoms with Gasteiger partial charge >= 0.3 is 0 Å². The molecule has 0 aromatic carbocycles. The summed E-state index contributed by atoms with van der Waals surface area (Å²) < 4.78 is 0. The Hall–Kier alpha value is -1.26. The van der Waals surface area contributed by atoms with Crippen molar-refractivity contribution in [1.29, 1.82) is 0 Å². The van der Waals surface area contributed by atoms with Crippen LogP contribution in [0.4, 0.5) is 0 Å². The Kier molecular flexibility index (Phi) is 3.40. The third-order valence-corrected chi connectivity index (χ3v) is 5.18. The second kappa shape index (κ2) is 4.14. The van der Waals surface area contributed by atoms with Crippen molar-refractivity contribution < 1.29 is 10.0 Å². The molecule has 104 valence electrons. The van der Waals surface area contributed by atoms with Gasteiger partial charge in [-0.05, 0) is 24.2 Å². The lowest BCUT2D eigenvalue weighted by Gasteiger charge is -2.25. The van der Waals surface area contributed by atoms with Crippen LogP contribution in [0.15, 0.2) is 5.16 Å². The van der Waals surface area contributed by atoms with Crippen LogP contribution in [0.1, 0.15) is 48.0 Å². The zero-order valence-corrected chi connectivity index (χ0v) is 12.2. The van der Waals surface area contributed by atoms with Gasteiger partial charge in [-0.2, -0.15) is 0 Å². The molecule has 5 nitrogen and oxygen atoms in total. The highest BCUT2D eigenvalue weighted by Gasteiger charge is 2.66. The van der Waals surface area contributed by atoms with E-state index in [1.807, 2.05) is 6.92 Å². The molecule has 0 aromatic heterocycles. The third kappa shape index (κ3) is 1.85. The molecular weight excluding hydrogens is 230 g/mol. The normalized spacial score (nSPS) is 25.3. The highest BCUT2D eigenvalue weighted by molar-refractivity contribution is 6.06. The molecule has 1 rings (SSSR count). The van der Waals surface area contributed by atoms with Gasteiger partial charge < -0.3 is 16.3 Å². The Labute approximate surface area is 109 Å². The second-order valence-electron chi connectivity index (χ2n) is 6.52. The van der Waals surface area contributed by atoms with E-state index >= 15 is 0 Å². The van der Waals surface area contributed by atoms with Gasteiger partial charge in [-0.3, -0.25) is 4.79 Å². The topological polar surface area (TPSA) is 87.7 Å². The number of nitrogens with zero attached hydrogens (tertiary/aromatic N) is 1. The molecule has 1 amide bonds. The molecule has 0 saturated heterocycles. The molecule has 1 saturated carbocycles. The Morgan fingerprint density at radius 1 is 1.39 bits per heavy atom. The van der Waals surface area contributed by atoms with E-state index < -0.39 is 5.41 Å². The molecule has 0 spiro atoms. The highest BCUT2D eigenvalue weighted by Crippen LogP contribution is 2.62.